The summed E-state index contributed by atoms with van der Waals surface area (Å²) in [6, 6.07) is 8.65. The van der Waals surface area contributed by atoms with Gasteiger partial charge in [-0.3, -0.25) is 0 Å². The Morgan fingerprint density at radius 3 is 2.69 bits per heavy atom. The van der Waals surface area contributed by atoms with Crippen LogP contribution < -0.4 is 0 Å². The molecule has 2 aromatic rings. The van der Waals surface area contributed by atoms with Crippen molar-refractivity contribution in [2.45, 2.75) is 32.6 Å². The average Bonchev–Trinajstić information content (AvgIpc) is 2.72. The molecule has 1 aliphatic rings. The zero-order chi connectivity index (χ0) is 11.3. The highest BCUT2D eigenvalue weighted by Gasteiger charge is 2.26. The van der Waals surface area contributed by atoms with E-state index in [2.05, 4.69) is 45.0 Å². The van der Waals surface area contributed by atoms with Crippen molar-refractivity contribution in [3.05, 3.63) is 40.5 Å². The van der Waals surface area contributed by atoms with Crippen LogP contribution in [0.25, 0.3) is 10.4 Å². The van der Waals surface area contributed by atoms with Crippen molar-refractivity contribution >= 4 is 11.3 Å². The third kappa shape index (κ3) is 1.40. The first kappa shape index (κ1) is 10.0. The minimum atomic E-state index is 0.171. The number of aromatic nitrogens is 1. The van der Waals surface area contributed by atoms with Gasteiger partial charge in [0.2, 0.25) is 0 Å². The van der Waals surface area contributed by atoms with Crippen molar-refractivity contribution in [3.63, 3.8) is 0 Å². The summed E-state index contributed by atoms with van der Waals surface area (Å²) in [7, 11) is 0. The SMILES string of the molecule is CC(C)(C)c1nc2c(s1)-c1ccccc1C2. The molecule has 0 atom stereocenters. The number of nitrogens with zero attached hydrogens (tertiary/aromatic N) is 1. The van der Waals surface area contributed by atoms with Gasteiger partial charge in [-0.05, 0) is 11.1 Å². The molecule has 0 bridgehead atoms. The molecule has 1 nitrogen and oxygen atoms in total. The molecule has 0 fully saturated rings. The fraction of sp³-hybridized carbons (Fsp3) is 0.357. The van der Waals surface area contributed by atoms with Gasteiger partial charge < -0.3 is 0 Å². The number of fused-ring (bicyclic) bond motifs is 3. The third-order valence-corrected chi connectivity index (χ3v) is 4.52. The first-order valence-electron chi connectivity index (χ1n) is 5.64. The number of hydrogen-bond acceptors (Lipinski definition) is 2. The van der Waals surface area contributed by atoms with E-state index in [0.717, 1.165) is 6.42 Å². The van der Waals surface area contributed by atoms with Crippen LogP contribution in [-0.2, 0) is 11.8 Å². The van der Waals surface area contributed by atoms with E-state index in [0.29, 0.717) is 0 Å². The van der Waals surface area contributed by atoms with Gasteiger partial charge in [-0.1, -0.05) is 45.0 Å². The topological polar surface area (TPSA) is 12.9 Å². The highest BCUT2D eigenvalue weighted by atomic mass is 32.1. The van der Waals surface area contributed by atoms with Crippen LogP contribution in [0.2, 0.25) is 0 Å². The Labute approximate surface area is 100 Å². The average molecular weight is 229 g/mol. The van der Waals surface area contributed by atoms with Gasteiger partial charge in [0.1, 0.15) is 0 Å². The number of hydrogen-bond donors (Lipinski definition) is 0. The fourth-order valence-corrected chi connectivity index (χ4v) is 3.28. The molecule has 1 aliphatic carbocycles. The van der Waals surface area contributed by atoms with E-state index in [1.165, 1.54) is 26.7 Å². The van der Waals surface area contributed by atoms with Crippen LogP contribution in [0.1, 0.15) is 37.0 Å². The van der Waals surface area contributed by atoms with Crippen molar-refractivity contribution in [2.75, 3.05) is 0 Å². The van der Waals surface area contributed by atoms with Crippen LogP contribution in [0.15, 0.2) is 24.3 Å². The first-order chi connectivity index (χ1) is 7.55. The van der Waals surface area contributed by atoms with Crippen molar-refractivity contribution in [3.8, 4) is 10.4 Å². The molecule has 1 aromatic carbocycles. The summed E-state index contributed by atoms with van der Waals surface area (Å²) in [6.45, 7) is 6.69. The molecular weight excluding hydrogens is 214 g/mol. The molecule has 16 heavy (non-hydrogen) atoms. The summed E-state index contributed by atoms with van der Waals surface area (Å²) in [6.07, 6.45) is 1.01. The normalized spacial score (nSPS) is 13.7. The molecule has 0 radical (unpaired) electrons. The number of benzene rings is 1. The molecule has 2 heteroatoms. The lowest BCUT2D eigenvalue weighted by Gasteiger charge is -2.14. The van der Waals surface area contributed by atoms with Crippen molar-refractivity contribution in [2.24, 2.45) is 0 Å². The Kier molecular flexibility index (Phi) is 1.99. The Balaban J connectivity index is 2.15. The zero-order valence-electron chi connectivity index (χ0n) is 9.87. The van der Waals surface area contributed by atoms with E-state index in [4.69, 9.17) is 4.98 Å². The lowest BCUT2D eigenvalue weighted by atomic mass is 9.98. The van der Waals surface area contributed by atoms with Crippen molar-refractivity contribution in [1.82, 2.24) is 4.98 Å². The molecule has 0 unspecified atom stereocenters. The molecular formula is C14H15NS. The summed E-state index contributed by atoms with van der Waals surface area (Å²) >= 11 is 1.86. The molecule has 0 saturated carbocycles. The summed E-state index contributed by atoms with van der Waals surface area (Å²) in [5.41, 5.74) is 4.27. The standard InChI is InChI=1S/C14H15NS/c1-14(2,3)13-15-11-8-9-6-4-5-7-10(9)12(11)16-13/h4-7H,8H2,1-3H3. The van der Waals surface area contributed by atoms with Gasteiger partial charge >= 0.3 is 0 Å². The van der Waals surface area contributed by atoms with E-state index in [9.17, 15) is 0 Å². The Bertz CT molecular complexity index is 546. The van der Waals surface area contributed by atoms with E-state index >= 15 is 0 Å². The highest BCUT2D eigenvalue weighted by Crippen LogP contribution is 2.42. The summed E-state index contributed by atoms with van der Waals surface area (Å²) in [4.78, 5) is 6.18. The van der Waals surface area contributed by atoms with E-state index in [-0.39, 0.29) is 5.41 Å². The quantitative estimate of drug-likeness (QED) is 0.567. The molecule has 82 valence electrons. The van der Waals surface area contributed by atoms with Gasteiger partial charge in [-0.25, -0.2) is 4.98 Å². The Morgan fingerprint density at radius 2 is 1.94 bits per heavy atom. The summed E-state index contributed by atoms with van der Waals surface area (Å²) in [5, 5.41) is 1.26. The second-order valence-corrected chi connectivity index (χ2v) is 6.38. The predicted octanol–water partition coefficient (Wildman–Crippen LogP) is 4.01. The fourth-order valence-electron chi connectivity index (χ4n) is 2.08. The van der Waals surface area contributed by atoms with Gasteiger partial charge in [0.25, 0.3) is 0 Å². The van der Waals surface area contributed by atoms with E-state index < -0.39 is 0 Å². The maximum Gasteiger partial charge on any atom is 0.0988 e. The zero-order valence-corrected chi connectivity index (χ0v) is 10.7. The highest BCUT2D eigenvalue weighted by molar-refractivity contribution is 7.15. The number of rotatable bonds is 0. The van der Waals surface area contributed by atoms with Crippen LogP contribution in [-0.4, -0.2) is 4.98 Å². The van der Waals surface area contributed by atoms with E-state index in [1.54, 1.807) is 0 Å². The van der Waals surface area contributed by atoms with E-state index in [1.807, 2.05) is 11.3 Å². The maximum absolute atomic E-state index is 4.80. The predicted molar refractivity (Wildman–Crippen MR) is 69.1 cm³/mol. The monoisotopic (exact) mass is 229 g/mol. The molecule has 1 heterocycles. The molecule has 0 saturated heterocycles. The van der Waals surface area contributed by atoms with Gasteiger partial charge in [0, 0.05) is 11.8 Å². The second-order valence-electron chi connectivity index (χ2n) is 5.38. The van der Waals surface area contributed by atoms with Gasteiger partial charge in [0.05, 0.1) is 15.6 Å². The van der Waals surface area contributed by atoms with Crippen molar-refractivity contribution in [1.29, 1.82) is 0 Å². The molecule has 0 aliphatic heterocycles. The van der Waals surface area contributed by atoms with Crippen molar-refractivity contribution < 1.29 is 0 Å². The van der Waals surface area contributed by atoms with Crippen LogP contribution in [0.4, 0.5) is 0 Å². The molecule has 0 N–H and O–H groups in total. The lowest BCUT2D eigenvalue weighted by molar-refractivity contribution is 0.583. The molecule has 0 spiro atoms. The Hall–Kier alpha value is -1.15. The van der Waals surface area contributed by atoms with Crippen LogP contribution in [0.3, 0.4) is 0 Å². The smallest absolute Gasteiger partial charge is 0.0988 e. The molecule has 1 aromatic heterocycles. The third-order valence-electron chi connectivity index (χ3n) is 2.96. The molecule has 3 rings (SSSR count). The lowest BCUT2D eigenvalue weighted by Crippen LogP contribution is -2.10. The maximum atomic E-state index is 4.80. The first-order valence-corrected chi connectivity index (χ1v) is 6.46. The van der Waals surface area contributed by atoms with Crippen LogP contribution in [0.5, 0.6) is 0 Å². The second kappa shape index (κ2) is 3.17. The minimum absolute atomic E-state index is 0.171. The van der Waals surface area contributed by atoms with Crippen LogP contribution >= 0.6 is 11.3 Å². The van der Waals surface area contributed by atoms with Gasteiger partial charge in [-0.15, -0.1) is 11.3 Å². The largest absolute Gasteiger partial charge is 0.245 e. The number of thiazole rings is 1. The van der Waals surface area contributed by atoms with Gasteiger partial charge in [0.15, 0.2) is 0 Å². The summed E-state index contributed by atoms with van der Waals surface area (Å²) in [5.74, 6) is 0. The minimum Gasteiger partial charge on any atom is -0.245 e. The Morgan fingerprint density at radius 1 is 1.19 bits per heavy atom. The summed E-state index contributed by atoms with van der Waals surface area (Å²) < 4.78 is 0. The van der Waals surface area contributed by atoms with Gasteiger partial charge in [-0.2, -0.15) is 0 Å². The molecule has 0 amide bonds. The van der Waals surface area contributed by atoms with Crippen LogP contribution in [0, 0.1) is 0 Å².